The van der Waals surface area contributed by atoms with Crippen molar-refractivity contribution in [1.82, 2.24) is 0 Å². The van der Waals surface area contributed by atoms with Crippen LogP contribution in [0.2, 0.25) is 0 Å². The molecule has 0 saturated heterocycles. The second-order valence-corrected chi connectivity index (χ2v) is 9.49. The molecule has 3 fully saturated rings. The number of fused-ring (bicyclic) bond motifs is 5. The summed E-state index contributed by atoms with van der Waals surface area (Å²) < 4.78 is 0. The van der Waals surface area contributed by atoms with Gasteiger partial charge in [0.15, 0.2) is 5.78 Å². The molecule has 132 valence electrons. The maximum atomic E-state index is 11.8. The highest BCUT2D eigenvalue weighted by atomic mass is 16.3. The van der Waals surface area contributed by atoms with Gasteiger partial charge in [-0.3, -0.25) is 4.79 Å². The highest BCUT2D eigenvalue weighted by Crippen LogP contribution is 2.66. The maximum absolute atomic E-state index is 11.8. The van der Waals surface area contributed by atoms with Gasteiger partial charge in [-0.15, -0.1) is 0 Å². The minimum Gasteiger partial charge on any atom is -0.396 e. The Morgan fingerprint density at radius 1 is 1.21 bits per heavy atom. The van der Waals surface area contributed by atoms with Gasteiger partial charge in [0.2, 0.25) is 0 Å². The summed E-state index contributed by atoms with van der Waals surface area (Å²) in [5.74, 6) is 3.58. The molecular weight excluding hydrogens is 296 g/mol. The number of aliphatic hydroxyl groups is 1. The first-order chi connectivity index (χ1) is 11.4. The molecule has 0 aromatic carbocycles. The van der Waals surface area contributed by atoms with Crippen molar-refractivity contribution in [3.63, 3.8) is 0 Å². The van der Waals surface area contributed by atoms with Gasteiger partial charge >= 0.3 is 0 Å². The van der Waals surface area contributed by atoms with E-state index in [0.717, 1.165) is 18.3 Å². The minimum absolute atomic E-state index is 0.110. The lowest BCUT2D eigenvalue weighted by Gasteiger charge is -2.57. The molecule has 0 heterocycles. The summed E-state index contributed by atoms with van der Waals surface area (Å²) in [5.41, 5.74) is 1.91. The van der Waals surface area contributed by atoms with Crippen molar-refractivity contribution in [3.8, 4) is 0 Å². The summed E-state index contributed by atoms with van der Waals surface area (Å²) >= 11 is 0. The predicted molar refractivity (Wildman–Crippen MR) is 96.4 cm³/mol. The van der Waals surface area contributed by atoms with Crippen LogP contribution in [0.5, 0.6) is 0 Å². The van der Waals surface area contributed by atoms with Crippen LogP contribution in [0.3, 0.4) is 0 Å². The molecule has 24 heavy (non-hydrogen) atoms. The standard InChI is InChI=1S/C22H32O2/c1-14(13-23)18-6-7-19-17-5-4-15-12-16(24)8-10-21(15,2)20(17)9-11-22(18,19)3/h8,10,12,14,17-20,23H,4-7,9,11,13H2,1-3H3/t14-,17?,18-,19+,20?,21+,22-/m1/s1. The van der Waals surface area contributed by atoms with E-state index in [-0.39, 0.29) is 11.2 Å². The van der Waals surface area contributed by atoms with E-state index >= 15 is 0 Å². The molecule has 3 saturated carbocycles. The van der Waals surface area contributed by atoms with Crippen molar-refractivity contribution in [2.24, 2.45) is 40.4 Å². The van der Waals surface area contributed by atoms with E-state index in [1.165, 1.54) is 37.7 Å². The van der Waals surface area contributed by atoms with E-state index in [2.05, 4.69) is 26.8 Å². The van der Waals surface area contributed by atoms with Gasteiger partial charge in [-0.2, -0.15) is 0 Å². The first-order valence-corrected chi connectivity index (χ1v) is 9.95. The fraction of sp³-hybridized carbons (Fsp3) is 0.773. The molecule has 2 nitrogen and oxygen atoms in total. The molecule has 2 heteroatoms. The van der Waals surface area contributed by atoms with Gasteiger partial charge in [0, 0.05) is 12.0 Å². The van der Waals surface area contributed by atoms with Crippen molar-refractivity contribution in [2.75, 3.05) is 6.61 Å². The average Bonchev–Trinajstić information content (AvgIpc) is 2.92. The first kappa shape index (κ1) is 16.6. The highest BCUT2D eigenvalue weighted by molar-refractivity contribution is 6.01. The number of ketones is 1. The van der Waals surface area contributed by atoms with Gasteiger partial charge in [0.1, 0.15) is 0 Å². The molecule has 4 aliphatic rings. The first-order valence-electron chi connectivity index (χ1n) is 9.95. The lowest BCUT2D eigenvalue weighted by Crippen LogP contribution is -2.50. The third-order valence-electron chi connectivity index (χ3n) is 8.60. The second kappa shape index (κ2) is 5.56. The number of carbonyl (C=O) groups excluding carboxylic acids is 1. The minimum atomic E-state index is 0.110. The fourth-order valence-corrected chi connectivity index (χ4v) is 7.30. The van der Waals surface area contributed by atoms with Crippen molar-refractivity contribution in [3.05, 3.63) is 23.8 Å². The molecule has 4 aliphatic carbocycles. The molecule has 0 bridgehead atoms. The Morgan fingerprint density at radius 2 is 2.00 bits per heavy atom. The average molecular weight is 328 g/mol. The maximum Gasteiger partial charge on any atom is 0.178 e. The van der Waals surface area contributed by atoms with Gasteiger partial charge in [-0.1, -0.05) is 32.4 Å². The van der Waals surface area contributed by atoms with Crippen LogP contribution in [0.25, 0.3) is 0 Å². The number of hydrogen-bond donors (Lipinski definition) is 1. The fourth-order valence-electron chi connectivity index (χ4n) is 7.30. The number of carbonyl (C=O) groups is 1. The summed E-state index contributed by atoms with van der Waals surface area (Å²) in [6, 6.07) is 0. The Bertz CT molecular complexity index is 603. The molecular formula is C22H32O2. The number of aliphatic hydroxyl groups excluding tert-OH is 1. The molecule has 0 aliphatic heterocycles. The molecule has 4 rings (SSSR count). The molecule has 0 radical (unpaired) electrons. The smallest absolute Gasteiger partial charge is 0.178 e. The zero-order valence-corrected chi connectivity index (χ0v) is 15.4. The van der Waals surface area contributed by atoms with Crippen molar-refractivity contribution in [1.29, 1.82) is 0 Å². The Hall–Kier alpha value is -0.890. The van der Waals surface area contributed by atoms with Crippen molar-refractivity contribution in [2.45, 2.75) is 59.3 Å². The predicted octanol–water partition coefficient (Wildman–Crippen LogP) is 4.54. The summed E-state index contributed by atoms with van der Waals surface area (Å²) in [4.78, 5) is 11.8. The van der Waals surface area contributed by atoms with E-state index in [4.69, 9.17) is 0 Å². The SMILES string of the molecule is C[C@H](CO)[C@H]1CC[C@H]2C3CCC4=CC(=O)C=C[C@]4(C)C3CC[C@]12C. The van der Waals surface area contributed by atoms with Gasteiger partial charge in [-0.05, 0) is 85.7 Å². The number of allylic oxidation sites excluding steroid dienone is 4. The van der Waals surface area contributed by atoms with Crippen molar-refractivity contribution >= 4 is 5.78 Å². The van der Waals surface area contributed by atoms with Crippen LogP contribution < -0.4 is 0 Å². The number of hydrogen-bond acceptors (Lipinski definition) is 2. The van der Waals surface area contributed by atoms with Crippen LogP contribution in [-0.2, 0) is 4.79 Å². The summed E-state index contributed by atoms with van der Waals surface area (Å²) in [5, 5.41) is 9.70. The third-order valence-corrected chi connectivity index (χ3v) is 8.60. The van der Waals surface area contributed by atoms with Gasteiger partial charge < -0.3 is 5.11 Å². The Balaban J connectivity index is 1.65. The van der Waals surface area contributed by atoms with E-state index in [1.54, 1.807) is 0 Å². The molecule has 7 atom stereocenters. The topological polar surface area (TPSA) is 37.3 Å². The molecule has 0 spiro atoms. The van der Waals surface area contributed by atoms with Crippen LogP contribution in [0.4, 0.5) is 0 Å². The van der Waals surface area contributed by atoms with Crippen LogP contribution >= 0.6 is 0 Å². The second-order valence-electron chi connectivity index (χ2n) is 9.49. The van der Waals surface area contributed by atoms with E-state index in [1.807, 2.05) is 12.2 Å². The van der Waals surface area contributed by atoms with E-state index < -0.39 is 0 Å². The molecule has 0 aromatic rings. The normalized spacial score (nSPS) is 48.3. The highest BCUT2D eigenvalue weighted by Gasteiger charge is 2.58. The largest absolute Gasteiger partial charge is 0.396 e. The zero-order chi connectivity index (χ0) is 17.1. The molecule has 1 N–H and O–H groups in total. The van der Waals surface area contributed by atoms with Gasteiger partial charge in [-0.25, -0.2) is 0 Å². The zero-order valence-electron chi connectivity index (χ0n) is 15.4. The lowest BCUT2D eigenvalue weighted by atomic mass is 9.47. The van der Waals surface area contributed by atoms with Crippen LogP contribution in [0, 0.1) is 40.4 Å². The number of rotatable bonds is 2. The monoisotopic (exact) mass is 328 g/mol. The summed E-state index contributed by atoms with van der Waals surface area (Å²) in [7, 11) is 0. The van der Waals surface area contributed by atoms with E-state index in [0.29, 0.717) is 29.8 Å². The van der Waals surface area contributed by atoms with Crippen LogP contribution in [0.15, 0.2) is 23.8 Å². The Morgan fingerprint density at radius 3 is 2.75 bits per heavy atom. The summed E-state index contributed by atoms with van der Waals surface area (Å²) in [6.45, 7) is 7.47. The van der Waals surface area contributed by atoms with Gasteiger partial charge in [0.25, 0.3) is 0 Å². The quantitative estimate of drug-likeness (QED) is 0.808. The third kappa shape index (κ3) is 2.14. The molecule has 0 amide bonds. The Labute approximate surface area is 146 Å². The summed E-state index contributed by atoms with van der Waals surface area (Å²) in [6.07, 6.45) is 13.5. The molecule has 2 unspecified atom stereocenters. The lowest BCUT2D eigenvalue weighted by molar-refractivity contribution is -0.111. The van der Waals surface area contributed by atoms with Crippen LogP contribution in [-0.4, -0.2) is 17.5 Å². The Kier molecular flexibility index (Phi) is 3.84. The van der Waals surface area contributed by atoms with Gasteiger partial charge in [0.05, 0.1) is 0 Å². The molecule has 0 aromatic heterocycles. The van der Waals surface area contributed by atoms with E-state index in [9.17, 15) is 9.90 Å². The van der Waals surface area contributed by atoms with Crippen LogP contribution in [0.1, 0.15) is 59.3 Å². The van der Waals surface area contributed by atoms with Crippen molar-refractivity contribution < 1.29 is 9.90 Å².